The van der Waals surface area contributed by atoms with Crippen molar-refractivity contribution in [3.8, 4) is 11.3 Å². The van der Waals surface area contributed by atoms with Crippen LogP contribution in [-0.4, -0.2) is 34.9 Å². The Morgan fingerprint density at radius 3 is 2.72 bits per heavy atom. The minimum Gasteiger partial charge on any atom is -0.469 e. The molecule has 1 aromatic carbocycles. The van der Waals surface area contributed by atoms with Crippen molar-refractivity contribution in [2.45, 2.75) is 64.3 Å². The molecule has 0 unspecified atom stereocenters. The summed E-state index contributed by atoms with van der Waals surface area (Å²) in [5, 5.41) is 6.44. The van der Waals surface area contributed by atoms with Gasteiger partial charge in [0.15, 0.2) is 0 Å². The Kier molecular flexibility index (Phi) is 8.46. The van der Waals surface area contributed by atoms with Crippen LogP contribution in [0.1, 0.15) is 69.3 Å². The van der Waals surface area contributed by atoms with Crippen LogP contribution in [0.4, 0.5) is 5.69 Å². The van der Waals surface area contributed by atoms with Crippen LogP contribution in [0.15, 0.2) is 30.4 Å². The molecule has 2 aliphatic rings. The van der Waals surface area contributed by atoms with Gasteiger partial charge in [0, 0.05) is 17.9 Å². The number of esters is 1. The monoisotopic (exact) mass is 512 g/mol. The maximum absolute atomic E-state index is 13.1. The second kappa shape index (κ2) is 11.7. The second-order valence-electron chi connectivity index (χ2n) is 9.73. The normalized spacial score (nSPS) is 23.2. The number of hydrogen-bond donors (Lipinski definition) is 3. The van der Waals surface area contributed by atoms with Gasteiger partial charge in [0.1, 0.15) is 16.7 Å². The fourth-order valence-corrected chi connectivity index (χ4v) is 5.03. The summed E-state index contributed by atoms with van der Waals surface area (Å²) in [7, 11) is 1.34. The SMILES string of the molecule is COC(=O)Cc1ccc2c(c1)NC(=O)CC/C=C/C[C@H](NC(=O)C1CCC(C)CC1)c1nc-2c(Cl)[nH]1. The Bertz CT molecular complexity index is 1150. The van der Waals surface area contributed by atoms with Gasteiger partial charge < -0.3 is 20.4 Å². The van der Waals surface area contributed by atoms with Gasteiger partial charge in [-0.05, 0) is 56.1 Å². The number of nitrogens with zero attached hydrogens (tertiary/aromatic N) is 1. The highest BCUT2D eigenvalue weighted by atomic mass is 35.5. The number of aromatic amines is 1. The van der Waals surface area contributed by atoms with Crippen LogP contribution in [0, 0.1) is 11.8 Å². The number of allylic oxidation sites excluding steroid dienone is 1. The number of amides is 2. The number of benzene rings is 1. The number of H-pyrrole nitrogens is 1. The van der Waals surface area contributed by atoms with E-state index in [4.69, 9.17) is 21.3 Å². The average molecular weight is 513 g/mol. The number of fused-ring (bicyclic) bond motifs is 4. The van der Waals surface area contributed by atoms with Crippen LogP contribution < -0.4 is 10.6 Å². The molecule has 1 saturated carbocycles. The van der Waals surface area contributed by atoms with Crippen molar-refractivity contribution in [1.82, 2.24) is 15.3 Å². The summed E-state index contributed by atoms with van der Waals surface area (Å²) in [4.78, 5) is 45.4. The summed E-state index contributed by atoms with van der Waals surface area (Å²) in [5.41, 5.74) is 2.31. The summed E-state index contributed by atoms with van der Waals surface area (Å²) in [6, 6.07) is 4.95. The molecular formula is C27H33ClN4O4. The van der Waals surface area contributed by atoms with E-state index in [1.165, 1.54) is 7.11 Å². The zero-order chi connectivity index (χ0) is 25.7. The number of aromatic nitrogens is 2. The first-order chi connectivity index (χ1) is 17.3. The zero-order valence-electron chi connectivity index (χ0n) is 20.7. The van der Waals surface area contributed by atoms with E-state index in [0.717, 1.165) is 25.7 Å². The van der Waals surface area contributed by atoms with Crippen molar-refractivity contribution in [3.05, 3.63) is 46.9 Å². The summed E-state index contributed by atoms with van der Waals surface area (Å²) in [5.74, 6) is 0.755. The summed E-state index contributed by atoms with van der Waals surface area (Å²) in [6.45, 7) is 2.23. The third-order valence-corrected chi connectivity index (χ3v) is 7.25. The lowest BCUT2D eigenvalue weighted by Crippen LogP contribution is -2.36. The molecule has 1 aliphatic carbocycles. The predicted molar refractivity (Wildman–Crippen MR) is 138 cm³/mol. The average Bonchev–Trinajstić information content (AvgIpc) is 3.24. The van der Waals surface area contributed by atoms with E-state index in [1.807, 2.05) is 12.2 Å². The van der Waals surface area contributed by atoms with Gasteiger partial charge in [0.05, 0.1) is 25.3 Å². The highest BCUT2D eigenvalue weighted by Gasteiger charge is 2.28. The summed E-state index contributed by atoms with van der Waals surface area (Å²) >= 11 is 6.59. The minimum absolute atomic E-state index is 0.00967. The number of carbonyl (C=O) groups is 3. The van der Waals surface area contributed by atoms with Gasteiger partial charge in [-0.25, -0.2) is 4.98 Å². The van der Waals surface area contributed by atoms with Gasteiger partial charge in [-0.15, -0.1) is 0 Å². The van der Waals surface area contributed by atoms with Crippen LogP contribution in [0.2, 0.25) is 5.15 Å². The van der Waals surface area contributed by atoms with Gasteiger partial charge in [-0.1, -0.05) is 42.8 Å². The van der Waals surface area contributed by atoms with E-state index in [1.54, 1.807) is 18.2 Å². The summed E-state index contributed by atoms with van der Waals surface area (Å²) in [6.07, 6.45) is 9.31. The molecule has 2 aromatic rings. The molecule has 9 heteroatoms. The van der Waals surface area contributed by atoms with Gasteiger partial charge in [-0.3, -0.25) is 14.4 Å². The van der Waals surface area contributed by atoms with Gasteiger partial charge in [0.25, 0.3) is 0 Å². The first kappa shape index (κ1) is 25.9. The molecule has 192 valence electrons. The molecule has 2 bridgehead atoms. The number of halogens is 1. The van der Waals surface area contributed by atoms with E-state index in [0.29, 0.717) is 58.7 Å². The Balaban J connectivity index is 1.66. The Hall–Kier alpha value is -3.13. The molecule has 1 fully saturated rings. The molecule has 0 saturated heterocycles. The summed E-state index contributed by atoms with van der Waals surface area (Å²) < 4.78 is 4.77. The number of nitrogens with one attached hydrogen (secondary N) is 3. The third kappa shape index (κ3) is 6.35. The lowest BCUT2D eigenvalue weighted by Gasteiger charge is -2.27. The Labute approximate surface area is 216 Å². The largest absolute Gasteiger partial charge is 0.469 e. The van der Waals surface area contributed by atoms with Crippen LogP contribution in [0.3, 0.4) is 0 Å². The van der Waals surface area contributed by atoms with Gasteiger partial charge >= 0.3 is 5.97 Å². The van der Waals surface area contributed by atoms with E-state index < -0.39 is 0 Å². The van der Waals surface area contributed by atoms with E-state index >= 15 is 0 Å². The molecule has 2 amide bonds. The molecule has 2 heterocycles. The van der Waals surface area contributed by atoms with Crippen molar-refractivity contribution in [1.29, 1.82) is 0 Å². The third-order valence-electron chi connectivity index (χ3n) is 6.98. The lowest BCUT2D eigenvalue weighted by atomic mass is 9.82. The van der Waals surface area contributed by atoms with Gasteiger partial charge in [-0.2, -0.15) is 0 Å². The van der Waals surface area contributed by atoms with Crippen molar-refractivity contribution >= 4 is 35.1 Å². The van der Waals surface area contributed by atoms with Crippen LogP contribution in [0.5, 0.6) is 0 Å². The maximum Gasteiger partial charge on any atom is 0.309 e. The van der Waals surface area contributed by atoms with Crippen LogP contribution in [0.25, 0.3) is 11.3 Å². The standard InChI is InChI=1S/C27H33ClN4O4/c1-16-8-11-18(12-9-16)27(35)30-20-6-4-3-5-7-22(33)29-21-14-17(15-23(34)36-2)10-13-19(21)24-25(28)32-26(20)31-24/h3-4,10,13-14,16,18,20H,5-9,11-12,15H2,1-2H3,(H,29,33)(H,30,35)(H,31,32)/b4-3+/t16?,18?,20-/m0/s1. The van der Waals surface area contributed by atoms with E-state index in [2.05, 4.69) is 22.5 Å². The smallest absolute Gasteiger partial charge is 0.309 e. The molecule has 36 heavy (non-hydrogen) atoms. The minimum atomic E-state index is -0.373. The lowest BCUT2D eigenvalue weighted by molar-refractivity contribution is -0.139. The number of hydrogen-bond acceptors (Lipinski definition) is 5. The quantitative estimate of drug-likeness (QED) is 0.389. The molecular weight excluding hydrogens is 480 g/mol. The number of anilines is 1. The molecule has 1 atom stereocenters. The van der Waals surface area contributed by atoms with Crippen LogP contribution in [-0.2, 0) is 25.5 Å². The molecule has 0 spiro atoms. The highest BCUT2D eigenvalue weighted by Crippen LogP contribution is 2.35. The predicted octanol–water partition coefficient (Wildman–Crippen LogP) is 5.11. The molecule has 3 N–H and O–H groups in total. The fourth-order valence-electron chi connectivity index (χ4n) is 4.79. The fraction of sp³-hybridized carbons (Fsp3) is 0.481. The number of ether oxygens (including phenoxy) is 1. The number of methoxy groups -OCH3 is 1. The Morgan fingerprint density at radius 2 is 1.97 bits per heavy atom. The zero-order valence-corrected chi connectivity index (χ0v) is 21.5. The molecule has 4 rings (SSSR count). The van der Waals surface area contributed by atoms with Crippen LogP contribution >= 0.6 is 11.6 Å². The van der Waals surface area contributed by atoms with Gasteiger partial charge in [0.2, 0.25) is 11.8 Å². The maximum atomic E-state index is 13.1. The first-order valence-corrected chi connectivity index (χ1v) is 12.9. The van der Waals surface area contributed by atoms with E-state index in [9.17, 15) is 14.4 Å². The molecule has 0 radical (unpaired) electrons. The molecule has 1 aliphatic heterocycles. The second-order valence-corrected chi connectivity index (χ2v) is 10.1. The number of rotatable bonds is 4. The van der Waals surface area contributed by atoms with Crippen molar-refractivity contribution in [3.63, 3.8) is 0 Å². The number of imidazole rings is 1. The Morgan fingerprint density at radius 1 is 1.19 bits per heavy atom. The van der Waals surface area contributed by atoms with Crippen molar-refractivity contribution in [2.75, 3.05) is 12.4 Å². The first-order valence-electron chi connectivity index (χ1n) is 12.5. The van der Waals surface area contributed by atoms with E-state index in [-0.39, 0.29) is 36.2 Å². The number of carbonyl (C=O) groups excluding carboxylic acids is 3. The molecule has 1 aromatic heterocycles. The molecule has 8 nitrogen and oxygen atoms in total. The highest BCUT2D eigenvalue weighted by molar-refractivity contribution is 6.32. The van der Waals surface area contributed by atoms with Crippen molar-refractivity contribution < 1.29 is 19.1 Å². The topological polar surface area (TPSA) is 113 Å². The van der Waals surface area contributed by atoms with Crippen molar-refractivity contribution in [2.24, 2.45) is 11.8 Å².